The number of benzene rings is 2. The van der Waals surface area contributed by atoms with Crippen LogP contribution in [0.25, 0.3) is 10.9 Å². The van der Waals surface area contributed by atoms with E-state index in [4.69, 9.17) is 17.0 Å². The predicted octanol–water partition coefficient (Wildman–Crippen LogP) is 6.71. The predicted molar refractivity (Wildman–Crippen MR) is 222 cm³/mol. The third-order valence-corrected chi connectivity index (χ3v) is 13.5. The molecule has 4 atom stereocenters. The Morgan fingerprint density at radius 2 is 1.75 bits per heavy atom. The first-order valence-electron chi connectivity index (χ1n) is 20.8. The normalized spacial score (nSPS) is 26.4. The highest BCUT2D eigenvalue weighted by Gasteiger charge is 2.52. The molecule has 16 heteroatoms. The van der Waals surface area contributed by atoms with E-state index in [2.05, 4.69) is 29.2 Å². The summed E-state index contributed by atoms with van der Waals surface area (Å²) >= 11 is 5.77. The number of nitriles is 1. The van der Waals surface area contributed by atoms with Crippen molar-refractivity contribution in [2.24, 2.45) is 13.0 Å². The molecule has 1 aromatic heterocycles. The summed E-state index contributed by atoms with van der Waals surface area (Å²) in [5.74, 6) is -1.00. The number of ketones is 1. The molecule has 3 amide bonds. The minimum Gasteiger partial charge on any atom is -0.378 e. The lowest BCUT2D eigenvalue weighted by Crippen LogP contribution is -2.51. The van der Waals surface area contributed by atoms with Gasteiger partial charge < -0.3 is 9.64 Å². The quantitative estimate of drug-likeness (QED) is 0.164. The summed E-state index contributed by atoms with van der Waals surface area (Å²) in [6.45, 7) is 8.72. The summed E-state index contributed by atoms with van der Waals surface area (Å²) in [5.41, 5.74) is -0.356. The van der Waals surface area contributed by atoms with Crippen LogP contribution in [0.15, 0.2) is 36.4 Å². The molecule has 4 fully saturated rings. The molecule has 1 aliphatic carbocycles. The largest absolute Gasteiger partial charge is 0.417 e. The number of fused-ring (bicyclic) bond motifs is 1. The molecule has 1 saturated carbocycles. The van der Waals surface area contributed by atoms with Crippen LogP contribution in [0.3, 0.4) is 0 Å². The van der Waals surface area contributed by atoms with E-state index in [9.17, 15) is 37.6 Å². The molecule has 7 rings (SSSR count). The number of piperidine rings is 2. The van der Waals surface area contributed by atoms with Gasteiger partial charge in [-0.2, -0.15) is 23.5 Å². The monoisotopic (exact) mass is 847 g/mol. The molecule has 1 N–H and O–H groups in total. The Kier molecular flexibility index (Phi) is 12.3. The van der Waals surface area contributed by atoms with E-state index >= 15 is 0 Å². The van der Waals surface area contributed by atoms with Crippen molar-refractivity contribution in [2.75, 3.05) is 18.1 Å². The number of hydrogen-bond acceptors (Lipinski definition) is 9. The van der Waals surface area contributed by atoms with Gasteiger partial charge in [0.25, 0.3) is 5.91 Å². The number of amides is 3. The Morgan fingerprint density at radius 3 is 2.40 bits per heavy atom. The molecule has 3 aliphatic heterocycles. The number of ether oxygens (including phenoxy) is 1. The van der Waals surface area contributed by atoms with E-state index in [1.807, 2.05) is 30.1 Å². The molecule has 4 heterocycles. The molecule has 0 radical (unpaired) electrons. The van der Waals surface area contributed by atoms with Crippen LogP contribution in [0.1, 0.15) is 114 Å². The summed E-state index contributed by atoms with van der Waals surface area (Å²) in [6, 6.07) is 10.8. The van der Waals surface area contributed by atoms with Crippen molar-refractivity contribution < 1.29 is 37.1 Å². The van der Waals surface area contributed by atoms with Crippen LogP contribution in [0.2, 0.25) is 0 Å². The van der Waals surface area contributed by atoms with Crippen molar-refractivity contribution in [3.8, 4) is 6.07 Å². The van der Waals surface area contributed by atoms with Crippen molar-refractivity contribution in [1.82, 2.24) is 24.9 Å². The Bertz CT molecular complexity index is 2230. The molecule has 4 aliphatic rings. The number of thiocarbonyl (C=S) groups is 1. The molecule has 320 valence electrons. The fourth-order valence-corrected chi connectivity index (χ4v) is 10.6. The number of nitrogens with one attached hydrogen (secondary N) is 1. The first-order valence-corrected chi connectivity index (χ1v) is 21.3. The zero-order valence-electron chi connectivity index (χ0n) is 34.7. The Morgan fingerprint density at radius 1 is 1.05 bits per heavy atom. The summed E-state index contributed by atoms with van der Waals surface area (Å²) in [6.07, 6.45) is 2.12. The van der Waals surface area contributed by atoms with E-state index in [-0.39, 0.29) is 65.5 Å². The van der Waals surface area contributed by atoms with Crippen LogP contribution in [-0.2, 0) is 43.6 Å². The van der Waals surface area contributed by atoms with Gasteiger partial charge in [-0.15, -0.1) is 0 Å². The number of aryl methyl sites for hydroxylation is 1. The SMILES string of the molecule is C[C@@H]1CC(OCCC2CCC(N3C(=S)N(c4ccc(C#N)c(C(F)(F)F)c4)C(=O)C3(C)C)CC2)C[C@H](C)N1CC(=O)Cc1cccc2c(C3CCC(=O)NC3=O)nn(C)c12. The highest BCUT2D eigenvalue weighted by molar-refractivity contribution is 7.80. The van der Waals surface area contributed by atoms with Crippen molar-refractivity contribution in [1.29, 1.82) is 5.26 Å². The number of carbonyl (C=O) groups is 4. The van der Waals surface area contributed by atoms with Crippen molar-refractivity contribution >= 4 is 57.4 Å². The van der Waals surface area contributed by atoms with Gasteiger partial charge >= 0.3 is 6.18 Å². The van der Waals surface area contributed by atoms with Crippen LogP contribution >= 0.6 is 12.2 Å². The summed E-state index contributed by atoms with van der Waals surface area (Å²) < 4.78 is 49.5. The van der Waals surface area contributed by atoms with Gasteiger partial charge in [-0.3, -0.25) is 39.0 Å². The summed E-state index contributed by atoms with van der Waals surface area (Å²) in [5, 5.41) is 17.3. The lowest BCUT2D eigenvalue weighted by molar-refractivity contribution is -0.138. The second-order valence-electron chi connectivity index (χ2n) is 17.5. The number of nitrogens with zero attached hydrogens (tertiary/aromatic N) is 6. The highest BCUT2D eigenvalue weighted by Crippen LogP contribution is 2.42. The maximum Gasteiger partial charge on any atom is 0.417 e. The summed E-state index contributed by atoms with van der Waals surface area (Å²) in [7, 11) is 1.82. The van der Waals surface area contributed by atoms with Gasteiger partial charge in [0, 0.05) is 50.0 Å². The van der Waals surface area contributed by atoms with Gasteiger partial charge in [0.2, 0.25) is 11.8 Å². The average molecular weight is 848 g/mol. The van der Waals surface area contributed by atoms with Crippen LogP contribution < -0.4 is 10.2 Å². The number of likely N-dealkylation sites (tertiary alicyclic amines) is 1. The van der Waals surface area contributed by atoms with Crippen LogP contribution in [0, 0.1) is 17.2 Å². The lowest BCUT2D eigenvalue weighted by Gasteiger charge is -2.42. The maximum absolute atomic E-state index is 13.8. The average Bonchev–Trinajstić information content (AvgIpc) is 3.61. The molecule has 3 saturated heterocycles. The van der Waals surface area contributed by atoms with Gasteiger partial charge in [-0.1, -0.05) is 18.2 Å². The maximum atomic E-state index is 13.8. The highest BCUT2D eigenvalue weighted by atomic mass is 32.1. The molecule has 0 spiro atoms. The van der Waals surface area contributed by atoms with Crippen LogP contribution in [0.4, 0.5) is 18.9 Å². The second kappa shape index (κ2) is 17.0. The van der Waals surface area contributed by atoms with Gasteiger partial charge in [-0.25, -0.2) is 0 Å². The molecule has 2 unspecified atom stereocenters. The second-order valence-corrected chi connectivity index (χ2v) is 17.9. The van der Waals surface area contributed by atoms with Gasteiger partial charge in [-0.05, 0) is 121 Å². The number of rotatable bonds is 11. The number of hydrogen-bond donors (Lipinski definition) is 1. The number of halogens is 3. The number of para-hydroxylation sites is 1. The Labute approximate surface area is 353 Å². The molecule has 12 nitrogen and oxygen atoms in total. The van der Waals surface area contributed by atoms with Crippen LogP contribution in [0.5, 0.6) is 0 Å². The minimum atomic E-state index is -4.76. The Hall–Kier alpha value is -4.72. The fraction of sp³-hybridized carbons (Fsp3) is 0.568. The van der Waals surface area contributed by atoms with E-state index in [0.29, 0.717) is 31.2 Å². The van der Waals surface area contributed by atoms with E-state index in [0.717, 1.165) is 73.5 Å². The Balaban J connectivity index is 0.884. The molecular weight excluding hydrogens is 796 g/mol. The van der Waals surface area contributed by atoms with Gasteiger partial charge in [0.05, 0.1) is 52.7 Å². The third-order valence-electron chi connectivity index (χ3n) is 13.1. The lowest BCUT2D eigenvalue weighted by atomic mass is 9.82. The first kappa shape index (κ1) is 43.4. The molecular formula is C44H52F3N7O5S. The number of anilines is 1. The molecule has 3 aromatic rings. The number of imide groups is 1. The van der Waals surface area contributed by atoms with E-state index < -0.39 is 34.7 Å². The number of Topliss-reactive ketones (excluding diaryl/α,β-unsaturated/α-hetero) is 1. The van der Waals surface area contributed by atoms with Crippen molar-refractivity contribution in [3.05, 3.63) is 58.8 Å². The first-order chi connectivity index (χ1) is 28.4. The summed E-state index contributed by atoms with van der Waals surface area (Å²) in [4.78, 5) is 57.0. The number of carbonyl (C=O) groups excluding carboxylic acids is 4. The topological polar surface area (TPSA) is 141 Å². The minimum absolute atomic E-state index is 0.000827. The smallest absolute Gasteiger partial charge is 0.378 e. The molecule has 2 aromatic carbocycles. The molecule has 60 heavy (non-hydrogen) atoms. The third kappa shape index (κ3) is 8.45. The zero-order valence-corrected chi connectivity index (χ0v) is 35.5. The van der Waals surface area contributed by atoms with E-state index in [1.165, 1.54) is 11.0 Å². The van der Waals surface area contributed by atoms with Crippen molar-refractivity contribution in [2.45, 2.75) is 134 Å². The van der Waals surface area contributed by atoms with Gasteiger partial charge in [0.15, 0.2) is 10.9 Å². The number of alkyl halides is 3. The standard InChI is InChI=1S/C44H52F3N7O5S/c1-25-19-33(20-26(2)52(25)24-32(55)21-28-7-6-8-34-38(50-51(5)39(28)34)35-15-16-37(56)49-40(35)57)59-18-17-27-9-12-30(13-10-27)54-42(60)53(41(58)43(54,3)4)31-14-11-29(23-48)36(22-31)44(45,46)47/h6-8,11,14,22,25-27,30,33,35H,9-10,12-13,15-21,24H2,1-5H3,(H,49,56,57)/t25-,26+,27?,30?,33?,35?. The number of aromatic nitrogens is 2. The van der Waals surface area contributed by atoms with Gasteiger partial charge in [0.1, 0.15) is 5.54 Å². The molecule has 0 bridgehead atoms. The zero-order chi connectivity index (χ0) is 43.3. The van der Waals surface area contributed by atoms with Crippen LogP contribution in [-0.4, -0.2) is 91.1 Å². The van der Waals surface area contributed by atoms with Crippen molar-refractivity contribution in [3.63, 3.8) is 0 Å². The fourth-order valence-electron chi connectivity index (χ4n) is 10.0. The van der Waals surface area contributed by atoms with E-state index in [1.54, 1.807) is 24.6 Å².